The van der Waals surface area contributed by atoms with Gasteiger partial charge in [0.2, 0.25) is 0 Å². The number of fused-ring (bicyclic) bond motifs is 2. The number of carbonyl (C=O) groups is 1. The Hall–Kier alpha value is -3.15. The van der Waals surface area contributed by atoms with Gasteiger partial charge in [-0.2, -0.15) is 5.10 Å². The zero-order valence-corrected chi connectivity index (χ0v) is 13.6. The van der Waals surface area contributed by atoms with Gasteiger partial charge < -0.3 is 9.88 Å². The lowest BCUT2D eigenvalue weighted by molar-refractivity contribution is 0.0776. The zero-order chi connectivity index (χ0) is 16.8. The predicted octanol–water partition coefficient (Wildman–Crippen LogP) is 3.00. The molecule has 3 heterocycles. The minimum Gasteiger partial charge on any atom is -0.334 e. The second kappa shape index (κ2) is 5.44. The lowest BCUT2D eigenvalue weighted by atomic mass is 10.2. The van der Waals surface area contributed by atoms with E-state index >= 15 is 0 Å². The van der Waals surface area contributed by atoms with Crippen molar-refractivity contribution < 1.29 is 4.79 Å². The summed E-state index contributed by atoms with van der Waals surface area (Å²) in [7, 11) is 0. The van der Waals surface area contributed by atoms with Crippen LogP contribution in [0.1, 0.15) is 23.1 Å². The number of nitrogens with one attached hydrogen (secondary N) is 1. The molecule has 124 valence electrons. The number of carbonyl (C=O) groups excluding carboxylic acids is 1. The average Bonchev–Trinajstić information content (AvgIpc) is 3.36. The Morgan fingerprint density at radius 3 is 2.72 bits per heavy atom. The Morgan fingerprint density at radius 1 is 1.08 bits per heavy atom. The van der Waals surface area contributed by atoms with Crippen LogP contribution in [0.2, 0.25) is 0 Å². The summed E-state index contributed by atoms with van der Waals surface area (Å²) in [5.41, 5.74) is 2.70. The molecule has 25 heavy (non-hydrogen) atoms. The second-order valence-electron chi connectivity index (χ2n) is 6.46. The average molecular weight is 331 g/mol. The number of hydrogen-bond donors (Lipinski definition) is 1. The van der Waals surface area contributed by atoms with Gasteiger partial charge in [-0.1, -0.05) is 30.3 Å². The van der Waals surface area contributed by atoms with Gasteiger partial charge in [0, 0.05) is 24.7 Å². The third-order valence-electron chi connectivity index (χ3n) is 4.85. The number of aromatic amines is 1. The van der Waals surface area contributed by atoms with E-state index in [2.05, 4.69) is 27.3 Å². The first-order chi connectivity index (χ1) is 12.3. The van der Waals surface area contributed by atoms with Crippen LogP contribution in [-0.2, 0) is 0 Å². The summed E-state index contributed by atoms with van der Waals surface area (Å²) >= 11 is 0. The van der Waals surface area contributed by atoms with E-state index in [1.54, 1.807) is 0 Å². The number of rotatable bonds is 2. The van der Waals surface area contributed by atoms with Crippen molar-refractivity contribution in [3.63, 3.8) is 0 Å². The first-order valence-electron chi connectivity index (χ1n) is 8.46. The summed E-state index contributed by atoms with van der Waals surface area (Å²) in [6, 6.07) is 16.0. The molecule has 0 radical (unpaired) electrons. The predicted molar refractivity (Wildman–Crippen MR) is 95.4 cm³/mol. The van der Waals surface area contributed by atoms with E-state index in [1.165, 1.54) is 0 Å². The Balaban J connectivity index is 1.38. The SMILES string of the molecule is O=C(c1nc2ccccc2[nH]1)N1CC[C@H](n2cc3ccccc3n2)C1. The first-order valence-corrected chi connectivity index (χ1v) is 8.46. The van der Waals surface area contributed by atoms with Gasteiger partial charge in [-0.05, 0) is 24.6 Å². The maximum Gasteiger partial charge on any atom is 0.289 e. The molecule has 6 heteroatoms. The number of hydrogen-bond acceptors (Lipinski definition) is 3. The summed E-state index contributed by atoms with van der Waals surface area (Å²) < 4.78 is 2.00. The lowest BCUT2D eigenvalue weighted by Crippen LogP contribution is -2.30. The summed E-state index contributed by atoms with van der Waals surface area (Å²) in [5, 5.41) is 5.78. The highest BCUT2D eigenvalue weighted by atomic mass is 16.2. The smallest absolute Gasteiger partial charge is 0.289 e. The number of para-hydroxylation sites is 2. The molecule has 1 atom stereocenters. The molecule has 1 amide bonds. The van der Waals surface area contributed by atoms with E-state index in [1.807, 2.05) is 52.0 Å². The topological polar surface area (TPSA) is 66.8 Å². The maximum absolute atomic E-state index is 12.8. The van der Waals surface area contributed by atoms with Crippen LogP contribution in [0.15, 0.2) is 54.7 Å². The second-order valence-corrected chi connectivity index (χ2v) is 6.46. The quantitative estimate of drug-likeness (QED) is 0.614. The maximum atomic E-state index is 12.8. The molecule has 0 spiro atoms. The fourth-order valence-electron chi connectivity index (χ4n) is 3.52. The van der Waals surface area contributed by atoms with Gasteiger partial charge in [0.05, 0.1) is 22.6 Å². The molecule has 4 aromatic rings. The van der Waals surface area contributed by atoms with E-state index in [0.29, 0.717) is 12.4 Å². The lowest BCUT2D eigenvalue weighted by Gasteiger charge is -2.15. The van der Waals surface area contributed by atoms with Gasteiger partial charge in [0.1, 0.15) is 0 Å². The minimum atomic E-state index is -0.0459. The standard InChI is InChI=1S/C19H17N5O/c25-19(18-20-16-7-3-4-8-17(16)21-18)23-10-9-14(12-23)24-11-13-5-1-2-6-15(13)22-24/h1-8,11,14H,9-10,12H2,(H,20,21)/t14-/m0/s1. The number of amides is 1. The number of benzene rings is 2. The molecular formula is C19H17N5O. The molecule has 0 bridgehead atoms. The Morgan fingerprint density at radius 2 is 1.88 bits per heavy atom. The van der Waals surface area contributed by atoms with Crippen LogP contribution in [0.5, 0.6) is 0 Å². The summed E-state index contributed by atoms with van der Waals surface area (Å²) in [4.78, 5) is 22.2. The number of aromatic nitrogens is 4. The van der Waals surface area contributed by atoms with Crippen LogP contribution in [0, 0.1) is 0 Å². The molecule has 5 rings (SSSR count). The molecular weight excluding hydrogens is 314 g/mol. The van der Waals surface area contributed by atoms with Crippen LogP contribution in [0.25, 0.3) is 21.9 Å². The molecule has 0 saturated carbocycles. The third kappa shape index (κ3) is 2.38. The van der Waals surface area contributed by atoms with Gasteiger partial charge in [-0.3, -0.25) is 9.48 Å². The monoisotopic (exact) mass is 331 g/mol. The molecule has 2 aromatic carbocycles. The molecule has 1 saturated heterocycles. The van der Waals surface area contributed by atoms with E-state index in [0.717, 1.165) is 34.9 Å². The highest BCUT2D eigenvalue weighted by molar-refractivity contribution is 5.94. The highest BCUT2D eigenvalue weighted by Crippen LogP contribution is 2.25. The van der Waals surface area contributed by atoms with Crippen molar-refractivity contribution in [2.45, 2.75) is 12.5 Å². The number of likely N-dealkylation sites (tertiary alicyclic amines) is 1. The summed E-state index contributed by atoms with van der Waals surface area (Å²) in [5.74, 6) is 0.364. The molecule has 6 nitrogen and oxygen atoms in total. The molecule has 0 unspecified atom stereocenters. The third-order valence-corrected chi connectivity index (χ3v) is 4.85. The Kier molecular flexibility index (Phi) is 3.09. The van der Waals surface area contributed by atoms with Crippen LogP contribution in [-0.4, -0.2) is 43.6 Å². The van der Waals surface area contributed by atoms with Gasteiger partial charge in [0.15, 0.2) is 5.82 Å². The Bertz CT molecular complexity index is 1010. The normalized spacial score (nSPS) is 17.6. The molecule has 0 aliphatic carbocycles. The minimum absolute atomic E-state index is 0.0459. The number of imidazole rings is 1. The van der Waals surface area contributed by atoms with Gasteiger partial charge in [0.25, 0.3) is 5.91 Å². The van der Waals surface area contributed by atoms with Crippen molar-refractivity contribution in [3.05, 3.63) is 60.6 Å². The molecule has 1 fully saturated rings. The largest absolute Gasteiger partial charge is 0.334 e. The zero-order valence-electron chi connectivity index (χ0n) is 13.6. The van der Waals surface area contributed by atoms with E-state index in [4.69, 9.17) is 0 Å². The molecule has 1 N–H and O–H groups in total. The van der Waals surface area contributed by atoms with E-state index in [-0.39, 0.29) is 11.9 Å². The van der Waals surface area contributed by atoms with Gasteiger partial charge >= 0.3 is 0 Å². The van der Waals surface area contributed by atoms with Crippen molar-refractivity contribution >= 4 is 27.8 Å². The highest BCUT2D eigenvalue weighted by Gasteiger charge is 2.30. The first kappa shape index (κ1) is 14.2. The van der Waals surface area contributed by atoms with Crippen molar-refractivity contribution in [1.82, 2.24) is 24.6 Å². The summed E-state index contributed by atoms with van der Waals surface area (Å²) in [6.07, 6.45) is 2.97. The van der Waals surface area contributed by atoms with Gasteiger partial charge in [-0.25, -0.2) is 4.98 Å². The van der Waals surface area contributed by atoms with Crippen molar-refractivity contribution in [1.29, 1.82) is 0 Å². The molecule has 2 aromatic heterocycles. The molecule has 1 aliphatic heterocycles. The van der Waals surface area contributed by atoms with Crippen LogP contribution in [0.4, 0.5) is 0 Å². The molecule has 1 aliphatic rings. The van der Waals surface area contributed by atoms with Crippen LogP contribution in [0.3, 0.4) is 0 Å². The van der Waals surface area contributed by atoms with Crippen LogP contribution < -0.4 is 0 Å². The van der Waals surface area contributed by atoms with Gasteiger partial charge in [-0.15, -0.1) is 0 Å². The fourth-order valence-corrected chi connectivity index (χ4v) is 3.52. The van der Waals surface area contributed by atoms with Crippen LogP contribution >= 0.6 is 0 Å². The number of nitrogens with zero attached hydrogens (tertiary/aromatic N) is 4. The van der Waals surface area contributed by atoms with E-state index < -0.39 is 0 Å². The van der Waals surface area contributed by atoms with E-state index in [9.17, 15) is 4.79 Å². The van der Waals surface area contributed by atoms with Crippen molar-refractivity contribution in [2.24, 2.45) is 0 Å². The van der Waals surface area contributed by atoms with Crippen molar-refractivity contribution in [3.8, 4) is 0 Å². The Labute approximate surface area is 144 Å². The summed E-state index contributed by atoms with van der Waals surface area (Å²) in [6.45, 7) is 1.38. The fraction of sp³-hybridized carbons (Fsp3) is 0.211. The van der Waals surface area contributed by atoms with Crippen molar-refractivity contribution in [2.75, 3.05) is 13.1 Å². The number of H-pyrrole nitrogens is 1.